The number of benzene rings is 1. The lowest BCUT2D eigenvalue weighted by molar-refractivity contribution is 0.0601. The first-order chi connectivity index (χ1) is 11.3. The van der Waals surface area contributed by atoms with Crippen LogP contribution < -0.4 is 0 Å². The Morgan fingerprint density at radius 1 is 1.26 bits per heavy atom. The first-order valence-corrected chi connectivity index (χ1v) is 9.24. The van der Waals surface area contributed by atoms with E-state index in [1.807, 2.05) is 36.0 Å². The molecule has 2 aliphatic rings. The molecule has 2 aromatic rings. The number of amides is 1. The van der Waals surface area contributed by atoms with Gasteiger partial charge >= 0.3 is 0 Å². The molecule has 7 heteroatoms. The molecule has 1 aromatic carbocycles. The molecule has 2 aliphatic heterocycles. The van der Waals surface area contributed by atoms with Gasteiger partial charge in [0.25, 0.3) is 5.91 Å². The van der Waals surface area contributed by atoms with E-state index in [4.69, 9.17) is 0 Å². The predicted octanol–water partition coefficient (Wildman–Crippen LogP) is 2.16. The molecule has 6 nitrogen and oxygen atoms in total. The minimum absolute atomic E-state index is 0.145. The Balaban J connectivity index is 1.59. The van der Waals surface area contributed by atoms with Gasteiger partial charge in [0, 0.05) is 22.9 Å². The van der Waals surface area contributed by atoms with Crippen LogP contribution in [0.5, 0.6) is 0 Å². The molecule has 0 aliphatic carbocycles. The molecule has 23 heavy (non-hydrogen) atoms. The van der Waals surface area contributed by atoms with Gasteiger partial charge in [0.05, 0.1) is 5.69 Å². The average molecular weight is 329 g/mol. The fraction of sp³-hybridized carbons (Fsp3) is 0.500. The molecule has 2 bridgehead atoms. The van der Waals surface area contributed by atoms with E-state index in [0.29, 0.717) is 17.3 Å². The zero-order chi connectivity index (χ0) is 15.8. The topological polar surface area (TPSA) is 63.9 Å². The van der Waals surface area contributed by atoms with Crippen molar-refractivity contribution in [1.29, 1.82) is 0 Å². The number of tetrazole rings is 1. The first-order valence-electron chi connectivity index (χ1n) is 7.95. The van der Waals surface area contributed by atoms with Gasteiger partial charge in [-0.3, -0.25) is 4.79 Å². The van der Waals surface area contributed by atoms with E-state index < -0.39 is 0 Å². The number of aromatic nitrogens is 4. The van der Waals surface area contributed by atoms with Crippen molar-refractivity contribution in [3.05, 3.63) is 36.2 Å². The molecular weight excluding hydrogens is 310 g/mol. The third-order valence-electron chi connectivity index (χ3n) is 4.96. The van der Waals surface area contributed by atoms with Crippen LogP contribution >= 0.6 is 11.8 Å². The van der Waals surface area contributed by atoms with Gasteiger partial charge in [-0.25, -0.2) is 4.68 Å². The van der Waals surface area contributed by atoms with E-state index in [-0.39, 0.29) is 5.91 Å². The third kappa shape index (κ3) is 2.63. The minimum Gasteiger partial charge on any atom is -0.333 e. The largest absolute Gasteiger partial charge is 0.333 e. The molecule has 3 heterocycles. The maximum atomic E-state index is 13.0. The summed E-state index contributed by atoms with van der Waals surface area (Å²) in [6.07, 6.45) is 8.24. The van der Waals surface area contributed by atoms with Crippen LogP contribution in [0.25, 0.3) is 5.69 Å². The lowest BCUT2D eigenvalue weighted by Crippen LogP contribution is -2.47. The fourth-order valence-corrected chi connectivity index (χ4v) is 4.69. The molecule has 2 fully saturated rings. The van der Waals surface area contributed by atoms with Crippen molar-refractivity contribution in [2.24, 2.45) is 0 Å². The van der Waals surface area contributed by atoms with Gasteiger partial charge in [0.15, 0.2) is 0 Å². The summed E-state index contributed by atoms with van der Waals surface area (Å²) in [5.41, 5.74) is 1.53. The van der Waals surface area contributed by atoms with E-state index in [2.05, 4.69) is 26.7 Å². The summed E-state index contributed by atoms with van der Waals surface area (Å²) < 4.78 is 1.57. The van der Waals surface area contributed by atoms with Gasteiger partial charge < -0.3 is 4.90 Å². The minimum atomic E-state index is 0.145. The lowest BCUT2D eigenvalue weighted by Gasteiger charge is -2.38. The summed E-state index contributed by atoms with van der Waals surface area (Å²) in [4.78, 5) is 15.2. The zero-order valence-electron chi connectivity index (χ0n) is 13.0. The van der Waals surface area contributed by atoms with Gasteiger partial charge in [-0.1, -0.05) is 6.07 Å². The van der Waals surface area contributed by atoms with Crippen LogP contribution in [0, 0.1) is 0 Å². The molecule has 4 rings (SSSR count). The summed E-state index contributed by atoms with van der Waals surface area (Å²) >= 11 is 1.94. The highest BCUT2D eigenvalue weighted by Gasteiger charge is 2.43. The number of hydrogen-bond acceptors (Lipinski definition) is 5. The first kappa shape index (κ1) is 14.7. The van der Waals surface area contributed by atoms with Crippen LogP contribution in [0.2, 0.25) is 0 Å². The number of nitrogens with zero attached hydrogens (tertiary/aromatic N) is 5. The molecule has 2 saturated heterocycles. The molecule has 2 atom stereocenters. The highest BCUT2D eigenvalue weighted by molar-refractivity contribution is 7.99. The van der Waals surface area contributed by atoms with E-state index in [0.717, 1.165) is 36.9 Å². The zero-order valence-corrected chi connectivity index (χ0v) is 13.8. The Hall–Kier alpha value is -1.89. The van der Waals surface area contributed by atoms with E-state index in [1.54, 1.807) is 4.68 Å². The van der Waals surface area contributed by atoms with Crippen LogP contribution in [0.1, 0.15) is 36.0 Å². The van der Waals surface area contributed by atoms with Gasteiger partial charge in [-0.15, -0.1) is 5.10 Å². The second-order valence-electron chi connectivity index (χ2n) is 6.23. The molecular formula is C16H19N5OS. The summed E-state index contributed by atoms with van der Waals surface area (Å²) in [6, 6.07) is 8.35. The Morgan fingerprint density at radius 2 is 2.04 bits per heavy atom. The van der Waals surface area contributed by atoms with Crippen molar-refractivity contribution in [2.75, 3.05) is 6.26 Å². The van der Waals surface area contributed by atoms with Gasteiger partial charge in [-0.2, -0.15) is 11.8 Å². The smallest absolute Gasteiger partial charge is 0.254 e. The summed E-state index contributed by atoms with van der Waals surface area (Å²) in [6.45, 7) is 0. The van der Waals surface area contributed by atoms with Crippen LogP contribution in [0.4, 0.5) is 0 Å². The standard InChI is InChI=1S/C16H19N5OS/c1-23-15-8-13-5-6-14(9-15)21(13)16(22)11-3-2-4-12(7-11)20-10-17-18-19-20/h2-4,7,10,13-15H,5-6,8-9H2,1H3. The highest BCUT2D eigenvalue weighted by atomic mass is 32.2. The predicted molar refractivity (Wildman–Crippen MR) is 88.7 cm³/mol. The SMILES string of the molecule is CSC1CC2CCC(C1)N2C(=O)c1cccc(-n2cnnn2)c1. The average Bonchev–Trinajstić information content (AvgIpc) is 3.21. The molecule has 0 radical (unpaired) electrons. The molecule has 1 amide bonds. The van der Waals surface area contributed by atoms with Crippen molar-refractivity contribution in [2.45, 2.75) is 43.0 Å². The molecule has 1 aromatic heterocycles. The summed E-state index contributed by atoms with van der Waals surface area (Å²) in [5, 5.41) is 11.9. The maximum Gasteiger partial charge on any atom is 0.254 e. The number of thioether (sulfide) groups is 1. The van der Waals surface area contributed by atoms with E-state index in [1.165, 1.54) is 6.33 Å². The molecule has 0 saturated carbocycles. The number of rotatable bonds is 3. The highest BCUT2D eigenvalue weighted by Crippen LogP contribution is 2.40. The number of carbonyl (C=O) groups excluding carboxylic acids is 1. The second-order valence-corrected chi connectivity index (χ2v) is 7.37. The maximum absolute atomic E-state index is 13.0. The summed E-state index contributed by atoms with van der Waals surface area (Å²) in [7, 11) is 0. The van der Waals surface area contributed by atoms with Gasteiger partial charge in [0.2, 0.25) is 0 Å². The molecule has 120 valence electrons. The Bertz CT molecular complexity index is 690. The lowest BCUT2D eigenvalue weighted by atomic mass is 10.0. The van der Waals surface area contributed by atoms with E-state index >= 15 is 0 Å². The van der Waals surface area contributed by atoms with E-state index in [9.17, 15) is 4.79 Å². The van der Waals surface area contributed by atoms with Crippen LogP contribution in [0.3, 0.4) is 0 Å². The van der Waals surface area contributed by atoms with Crippen molar-refractivity contribution < 1.29 is 4.79 Å². The molecule has 0 spiro atoms. The van der Waals surface area contributed by atoms with Crippen molar-refractivity contribution in [1.82, 2.24) is 25.1 Å². The fourth-order valence-electron chi connectivity index (χ4n) is 3.86. The Morgan fingerprint density at radius 3 is 2.70 bits per heavy atom. The normalized spacial score (nSPS) is 26.5. The van der Waals surface area contributed by atoms with Gasteiger partial charge in [0.1, 0.15) is 6.33 Å². The quantitative estimate of drug-likeness (QED) is 0.863. The van der Waals surface area contributed by atoms with Crippen LogP contribution in [0.15, 0.2) is 30.6 Å². The molecule has 2 unspecified atom stereocenters. The monoisotopic (exact) mass is 329 g/mol. The van der Waals surface area contributed by atoms with Crippen molar-refractivity contribution >= 4 is 17.7 Å². The number of carbonyl (C=O) groups is 1. The number of hydrogen-bond donors (Lipinski definition) is 0. The number of fused-ring (bicyclic) bond motifs is 2. The van der Waals surface area contributed by atoms with Crippen LogP contribution in [-0.2, 0) is 0 Å². The Labute approximate surface area is 139 Å². The second kappa shape index (κ2) is 5.96. The van der Waals surface area contributed by atoms with Crippen molar-refractivity contribution in [3.63, 3.8) is 0 Å². The number of piperidine rings is 1. The van der Waals surface area contributed by atoms with Crippen LogP contribution in [-0.4, -0.2) is 54.6 Å². The van der Waals surface area contributed by atoms with Crippen molar-refractivity contribution in [3.8, 4) is 5.69 Å². The molecule has 0 N–H and O–H groups in total. The third-order valence-corrected chi connectivity index (χ3v) is 6.02. The summed E-state index contributed by atoms with van der Waals surface area (Å²) in [5.74, 6) is 0.145. The Kier molecular flexibility index (Phi) is 3.80. The van der Waals surface area contributed by atoms with Gasteiger partial charge in [-0.05, 0) is 60.6 Å².